The maximum absolute atomic E-state index is 12.1. The summed E-state index contributed by atoms with van der Waals surface area (Å²) >= 11 is 0. The third kappa shape index (κ3) is 1.39. The van der Waals surface area contributed by atoms with Gasteiger partial charge >= 0.3 is 0 Å². The first kappa shape index (κ1) is 10.5. The normalized spacial score (nSPS) is 56.8. The van der Waals surface area contributed by atoms with E-state index >= 15 is 0 Å². The third-order valence-electron chi connectivity index (χ3n) is 6.12. The van der Waals surface area contributed by atoms with E-state index in [4.69, 9.17) is 0 Å². The Kier molecular flexibility index (Phi) is 1.95. The van der Waals surface area contributed by atoms with Crippen molar-refractivity contribution in [3.63, 3.8) is 0 Å². The molecule has 5 fully saturated rings. The summed E-state index contributed by atoms with van der Waals surface area (Å²) in [5, 5.41) is 10.7. The van der Waals surface area contributed by atoms with Gasteiger partial charge in [-0.05, 0) is 68.6 Å². The summed E-state index contributed by atoms with van der Waals surface area (Å²) in [5.41, 5.74) is -0.181. The lowest BCUT2D eigenvalue weighted by Crippen LogP contribution is -2.58. The van der Waals surface area contributed by atoms with Crippen molar-refractivity contribution in [3.05, 3.63) is 0 Å². The van der Waals surface area contributed by atoms with Crippen LogP contribution in [-0.2, 0) is 4.79 Å². The molecule has 0 spiro atoms. The molecule has 0 aromatic carbocycles. The highest BCUT2D eigenvalue weighted by Crippen LogP contribution is 2.65. The molecule has 5 atom stereocenters. The Morgan fingerprint density at radius 3 is 2.35 bits per heavy atom. The molecule has 3 unspecified atom stereocenters. The fraction of sp³-hybridized carbons (Fsp3) is 0.933. The summed E-state index contributed by atoms with van der Waals surface area (Å²) < 4.78 is 0. The molecule has 0 radical (unpaired) electrons. The molecule has 5 aliphatic rings. The molecule has 2 nitrogen and oxygen atoms in total. The van der Waals surface area contributed by atoms with Gasteiger partial charge in [0.05, 0.1) is 5.60 Å². The number of hydrogen-bond acceptors (Lipinski definition) is 2. The fourth-order valence-electron chi connectivity index (χ4n) is 6.16. The Balaban J connectivity index is 1.71. The minimum absolute atomic E-state index is 0.215. The standard InChI is InChI=1S/C15H22O2/c16-13-3-1-2-12(13)14-5-10-4-11(6-14)8-15(17,7-10)9-14/h10-12,17H,1-9H2/t10-,11+,12?,14?,15?. The number of rotatable bonds is 1. The van der Waals surface area contributed by atoms with E-state index in [1.807, 2.05) is 0 Å². The van der Waals surface area contributed by atoms with Crippen molar-refractivity contribution < 1.29 is 9.90 Å². The predicted molar refractivity (Wildman–Crippen MR) is 64.4 cm³/mol. The van der Waals surface area contributed by atoms with Crippen LogP contribution in [0.25, 0.3) is 0 Å². The lowest BCUT2D eigenvalue weighted by Gasteiger charge is -2.62. The van der Waals surface area contributed by atoms with Crippen molar-refractivity contribution in [1.29, 1.82) is 0 Å². The van der Waals surface area contributed by atoms with Gasteiger partial charge in [-0.3, -0.25) is 4.79 Å². The number of ketones is 1. The van der Waals surface area contributed by atoms with Crippen LogP contribution in [0.4, 0.5) is 0 Å². The molecule has 2 heteroatoms. The summed E-state index contributed by atoms with van der Waals surface area (Å²) in [7, 11) is 0. The Morgan fingerprint density at radius 2 is 1.82 bits per heavy atom. The summed E-state index contributed by atoms with van der Waals surface area (Å²) in [6.07, 6.45) is 9.78. The molecule has 0 amide bonds. The van der Waals surface area contributed by atoms with E-state index in [1.54, 1.807) is 0 Å². The van der Waals surface area contributed by atoms with Crippen molar-refractivity contribution in [3.8, 4) is 0 Å². The van der Waals surface area contributed by atoms with Crippen LogP contribution >= 0.6 is 0 Å². The quantitative estimate of drug-likeness (QED) is 0.757. The van der Waals surface area contributed by atoms with E-state index in [-0.39, 0.29) is 5.41 Å². The molecular weight excluding hydrogens is 212 g/mol. The average Bonchev–Trinajstić information content (AvgIpc) is 2.60. The van der Waals surface area contributed by atoms with Crippen molar-refractivity contribution in [2.75, 3.05) is 0 Å². The molecule has 5 saturated carbocycles. The Hall–Kier alpha value is -0.370. The van der Waals surface area contributed by atoms with Gasteiger partial charge in [0.2, 0.25) is 0 Å². The zero-order chi connectivity index (χ0) is 11.7. The average molecular weight is 234 g/mol. The molecule has 94 valence electrons. The molecule has 0 aromatic heterocycles. The Morgan fingerprint density at radius 1 is 1.12 bits per heavy atom. The maximum Gasteiger partial charge on any atom is 0.136 e. The van der Waals surface area contributed by atoms with Crippen LogP contribution in [0, 0.1) is 23.2 Å². The van der Waals surface area contributed by atoms with Gasteiger partial charge in [-0.15, -0.1) is 0 Å². The first-order valence-electron chi connectivity index (χ1n) is 7.34. The van der Waals surface area contributed by atoms with Gasteiger partial charge in [0.15, 0.2) is 0 Å². The molecule has 0 aromatic rings. The second kappa shape index (κ2) is 3.14. The molecule has 4 bridgehead atoms. The monoisotopic (exact) mass is 234 g/mol. The minimum Gasteiger partial charge on any atom is -0.390 e. The highest BCUT2D eigenvalue weighted by molar-refractivity contribution is 5.83. The van der Waals surface area contributed by atoms with E-state index in [1.165, 1.54) is 19.3 Å². The van der Waals surface area contributed by atoms with E-state index in [9.17, 15) is 9.90 Å². The molecule has 0 heterocycles. The van der Waals surface area contributed by atoms with Gasteiger partial charge in [0.1, 0.15) is 5.78 Å². The van der Waals surface area contributed by atoms with E-state index in [0.29, 0.717) is 11.7 Å². The van der Waals surface area contributed by atoms with Crippen molar-refractivity contribution in [2.45, 2.75) is 63.4 Å². The third-order valence-corrected chi connectivity index (χ3v) is 6.12. The highest BCUT2D eigenvalue weighted by Gasteiger charge is 2.60. The molecule has 0 aliphatic heterocycles. The number of Topliss-reactive ketones (excluding diaryl/α,β-unsaturated/α-hetero) is 1. The molecular formula is C15H22O2. The van der Waals surface area contributed by atoms with E-state index in [2.05, 4.69) is 0 Å². The van der Waals surface area contributed by atoms with E-state index < -0.39 is 5.60 Å². The van der Waals surface area contributed by atoms with Gasteiger partial charge in [0.25, 0.3) is 0 Å². The van der Waals surface area contributed by atoms with Crippen LogP contribution in [0.5, 0.6) is 0 Å². The first-order valence-corrected chi connectivity index (χ1v) is 7.34. The Bertz CT molecular complexity index is 359. The molecule has 1 N–H and O–H groups in total. The summed E-state index contributed by atoms with van der Waals surface area (Å²) in [4.78, 5) is 12.1. The minimum atomic E-state index is -0.396. The smallest absolute Gasteiger partial charge is 0.136 e. The topological polar surface area (TPSA) is 37.3 Å². The van der Waals surface area contributed by atoms with Crippen LogP contribution in [0.3, 0.4) is 0 Å². The lowest BCUT2D eigenvalue weighted by molar-refractivity contribution is -0.182. The Labute approximate surface area is 103 Å². The number of carbonyl (C=O) groups excluding carboxylic acids is 1. The van der Waals surface area contributed by atoms with Gasteiger partial charge in [0, 0.05) is 12.3 Å². The highest BCUT2D eigenvalue weighted by atomic mass is 16.3. The van der Waals surface area contributed by atoms with Gasteiger partial charge in [-0.1, -0.05) is 0 Å². The molecule has 17 heavy (non-hydrogen) atoms. The van der Waals surface area contributed by atoms with Crippen LogP contribution < -0.4 is 0 Å². The molecule has 0 saturated heterocycles. The van der Waals surface area contributed by atoms with E-state index in [0.717, 1.165) is 50.4 Å². The predicted octanol–water partition coefficient (Wildman–Crippen LogP) is 2.69. The van der Waals surface area contributed by atoms with Gasteiger partial charge in [-0.25, -0.2) is 0 Å². The summed E-state index contributed by atoms with van der Waals surface area (Å²) in [5.74, 6) is 2.25. The molecule has 5 aliphatic carbocycles. The first-order chi connectivity index (χ1) is 8.09. The largest absolute Gasteiger partial charge is 0.390 e. The SMILES string of the molecule is O=C1CCCC1C12C[C@@H]3C[C@@H](CC(O)(C3)C1)C2. The van der Waals surface area contributed by atoms with Crippen LogP contribution in [0.1, 0.15) is 57.8 Å². The summed E-state index contributed by atoms with van der Waals surface area (Å²) in [6, 6.07) is 0. The van der Waals surface area contributed by atoms with Crippen molar-refractivity contribution >= 4 is 5.78 Å². The number of hydrogen-bond donors (Lipinski definition) is 1. The maximum atomic E-state index is 12.1. The van der Waals surface area contributed by atoms with Crippen LogP contribution in [-0.4, -0.2) is 16.5 Å². The number of aliphatic hydroxyl groups is 1. The second-order valence-corrected chi connectivity index (χ2v) is 7.46. The fourth-order valence-corrected chi connectivity index (χ4v) is 6.16. The zero-order valence-corrected chi connectivity index (χ0v) is 10.5. The van der Waals surface area contributed by atoms with Gasteiger partial charge in [-0.2, -0.15) is 0 Å². The van der Waals surface area contributed by atoms with Gasteiger partial charge < -0.3 is 5.11 Å². The van der Waals surface area contributed by atoms with Crippen LogP contribution in [0.2, 0.25) is 0 Å². The lowest BCUT2D eigenvalue weighted by atomic mass is 9.45. The van der Waals surface area contributed by atoms with Crippen molar-refractivity contribution in [2.24, 2.45) is 23.2 Å². The van der Waals surface area contributed by atoms with Crippen LogP contribution in [0.15, 0.2) is 0 Å². The van der Waals surface area contributed by atoms with Crippen molar-refractivity contribution in [1.82, 2.24) is 0 Å². The second-order valence-electron chi connectivity index (χ2n) is 7.46. The summed E-state index contributed by atoms with van der Waals surface area (Å²) in [6.45, 7) is 0. The number of carbonyl (C=O) groups is 1. The zero-order valence-electron chi connectivity index (χ0n) is 10.5. The molecule has 5 rings (SSSR count).